The molecule has 1 aliphatic heterocycles. The molecule has 6 heteroatoms. The van der Waals surface area contributed by atoms with Gasteiger partial charge in [-0.15, -0.1) is 10.2 Å². The summed E-state index contributed by atoms with van der Waals surface area (Å²) in [5, 5.41) is 8.26. The van der Waals surface area contributed by atoms with E-state index in [0.717, 1.165) is 36.2 Å². The maximum atomic E-state index is 5.97. The van der Waals surface area contributed by atoms with Crippen molar-refractivity contribution in [1.29, 1.82) is 0 Å². The number of likely N-dealkylation sites (N-methyl/N-ethyl adjacent to an activating group) is 1. The number of hydrogen-bond donors (Lipinski definition) is 0. The van der Waals surface area contributed by atoms with Crippen LogP contribution in [0.4, 0.5) is 0 Å². The third-order valence-electron chi connectivity index (χ3n) is 3.68. The number of aromatic nitrogens is 3. The lowest BCUT2D eigenvalue weighted by molar-refractivity contribution is 0.0630. The summed E-state index contributed by atoms with van der Waals surface area (Å²) < 4.78 is 13.7. The van der Waals surface area contributed by atoms with E-state index in [4.69, 9.17) is 9.47 Å². The van der Waals surface area contributed by atoms with Crippen LogP contribution in [-0.4, -0.2) is 46.0 Å². The summed E-state index contributed by atoms with van der Waals surface area (Å²) in [5.74, 6) is 3.51. The van der Waals surface area contributed by atoms with E-state index < -0.39 is 0 Å². The first kappa shape index (κ1) is 13.9. The minimum Gasteiger partial charge on any atom is -0.486 e. The number of rotatable bonds is 4. The lowest BCUT2D eigenvalue weighted by Crippen LogP contribution is -2.39. The second-order valence-corrected chi connectivity index (χ2v) is 5.42. The van der Waals surface area contributed by atoms with Crippen molar-refractivity contribution in [3.63, 3.8) is 0 Å². The molecule has 6 nitrogen and oxygen atoms in total. The SMILES string of the molecule is Cc1nnc(CN(C)C[C@H]2COc3ccccc3O2)n1C. The smallest absolute Gasteiger partial charge is 0.161 e. The van der Waals surface area contributed by atoms with Crippen molar-refractivity contribution >= 4 is 0 Å². The molecule has 1 aromatic heterocycles. The standard InChI is InChI=1S/C15H20N4O2/c1-11-16-17-15(19(11)3)9-18(2)8-12-10-20-13-6-4-5-7-14(13)21-12/h4-7,12H,8-10H2,1-3H3/t12-/m0/s1. The topological polar surface area (TPSA) is 52.4 Å². The van der Waals surface area contributed by atoms with Gasteiger partial charge in [0.1, 0.15) is 24.4 Å². The van der Waals surface area contributed by atoms with Crippen molar-refractivity contribution in [3.8, 4) is 11.5 Å². The Hall–Kier alpha value is -2.08. The first-order chi connectivity index (χ1) is 10.1. The third kappa shape index (κ3) is 3.00. The molecular formula is C15H20N4O2. The van der Waals surface area contributed by atoms with Gasteiger partial charge in [0.05, 0.1) is 6.54 Å². The van der Waals surface area contributed by atoms with E-state index in [-0.39, 0.29) is 6.10 Å². The highest BCUT2D eigenvalue weighted by molar-refractivity contribution is 5.40. The number of fused-ring (bicyclic) bond motifs is 1. The van der Waals surface area contributed by atoms with Gasteiger partial charge in [-0.2, -0.15) is 0 Å². The van der Waals surface area contributed by atoms with Gasteiger partial charge in [0, 0.05) is 13.6 Å². The lowest BCUT2D eigenvalue weighted by atomic mass is 10.2. The molecule has 21 heavy (non-hydrogen) atoms. The quantitative estimate of drug-likeness (QED) is 0.851. The Morgan fingerprint density at radius 2 is 2.05 bits per heavy atom. The van der Waals surface area contributed by atoms with Crippen molar-refractivity contribution < 1.29 is 9.47 Å². The molecule has 0 saturated carbocycles. The molecule has 0 spiro atoms. The molecule has 1 aromatic carbocycles. The van der Waals surface area contributed by atoms with Crippen molar-refractivity contribution in [1.82, 2.24) is 19.7 Å². The molecule has 0 saturated heterocycles. The third-order valence-corrected chi connectivity index (χ3v) is 3.68. The summed E-state index contributed by atoms with van der Waals surface area (Å²) in [6, 6.07) is 7.77. The molecule has 0 aliphatic carbocycles. The van der Waals surface area contributed by atoms with Gasteiger partial charge >= 0.3 is 0 Å². The van der Waals surface area contributed by atoms with Gasteiger partial charge in [0.15, 0.2) is 11.5 Å². The van der Waals surface area contributed by atoms with Crippen LogP contribution in [0.2, 0.25) is 0 Å². The van der Waals surface area contributed by atoms with Crippen molar-refractivity contribution in [2.45, 2.75) is 19.6 Å². The highest BCUT2D eigenvalue weighted by atomic mass is 16.6. The average molecular weight is 288 g/mol. The van der Waals surface area contributed by atoms with Crippen LogP contribution >= 0.6 is 0 Å². The monoisotopic (exact) mass is 288 g/mol. The second-order valence-electron chi connectivity index (χ2n) is 5.42. The average Bonchev–Trinajstić information content (AvgIpc) is 2.79. The van der Waals surface area contributed by atoms with Crippen molar-refractivity contribution in [2.75, 3.05) is 20.2 Å². The highest BCUT2D eigenvalue weighted by Crippen LogP contribution is 2.30. The number of nitrogens with zero attached hydrogens (tertiary/aromatic N) is 4. The molecule has 112 valence electrons. The van der Waals surface area contributed by atoms with E-state index in [1.807, 2.05) is 49.9 Å². The summed E-state index contributed by atoms with van der Waals surface area (Å²) >= 11 is 0. The number of benzene rings is 1. The molecule has 0 fully saturated rings. The van der Waals surface area contributed by atoms with Crippen LogP contribution in [0.5, 0.6) is 11.5 Å². The Labute approximate surface area is 124 Å². The number of hydrogen-bond acceptors (Lipinski definition) is 5. The normalized spacial score (nSPS) is 17.2. The van der Waals surface area contributed by atoms with E-state index in [1.54, 1.807) is 0 Å². The van der Waals surface area contributed by atoms with Gasteiger partial charge in [-0.3, -0.25) is 4.90 Å². The molecule has 3 rings (SSSR count). The zero-order valence-corrected chi connectivity index (χ0v) is 12.6. The fourth-order valence-electron chi connectivity index (χ4n) is 2.40. The van der Waals surface area contributed by atoms with Crippen LogP contribution in [0, 0.1) is 6.92 Å². The van der Waals surface area contributed by atoms with Crippen molar-refractivity contribution in [2.24, 2.45) is 7.05 Å². The Bertz CT molecular complexity index is 626. The van der Waals surface area contributed by atoms with Crippen LogP contribution in [0.3, 0.4) is 0 Å². The van der Waals surface area contributed by atoms with E-state index in [9.17, 15) is 0 Å². The predicted molar refractivity (Wildman–Crippen MR) is 78.4 cm³/mol. The zero-order valence-electron chi connectivity index (χ0n) is 12.6. The summed E-state index contributed by atoms with van der Waals surface area (Å²) in [7, 11) is 4.03. The highest BCUT2D eigenvalue weighted by Gasteiger charge is 2.22. The second kappa shape index (κ2) is 5.73. The Balaban J connectivity index is 1.59. The van der Waals surface area contributed by atoms with Crippen LogP contribution in [0.1, 0.15) is 11.6 Å². The predicted octanol–water partition coefficient (Wildman–Crippen LogP) is 1.40. The summed E-state index contributed by atoms with van der Waals surface area (Å²) in [4.78, 5) is 2.17. The van der Waals surface area contributed by atoms with Crippen LogP contribution in [-0.2, 0) is 13.6 Å². The zero-order chi connectivity index (χ0) is 14.8. The fraction of sp³-hybridized carbons (Fsp3) is 0.467. The molecule has 0 radical (unpaired) electrons. The number of aryl methyl sites for hydroxylation is 1. The molecule has 1 aliphatic rings. The van der Waals surface area contributed by atoms with Gasteiger partial charge in [-0.1, -0.05) is 12.1 Å². The van der Waals surface area contributed by atoms with Gasteiger partial charge in [-0.05, 0) is 26.1 Å². The largest absolute Gasteiger partial charge is 0.486 e. The summed E-state index contributed by atoms with van der Waals surface area (Å²) in [6.45, 7) is 4.03. The molecular weight excluding hydrogens is 268 g/mol. The minimum absolute atomic E-state index is 0.0271. The van der Waals surface area contributed by atoms with Crippen LogP contribution in [0.25, 0.3) is 0 Å². The van der Waals surface area contributed by atoms with E-state index >= 15 is 0 Å². The molecule has 0 N–H and O–H groups in total. The van der Waals surface area contributed by atoms with E-state index in [0.29, 0.717) is 6.61 Å². The van der Waals surface area contributed by atoms with Crippen LogP contribution < -0.4 is 9.47 Å². The van der Waals surface area contributed by atoms with Gasteiger partial charge in [0.2, 0.25) is 0 Å². The van der Waals surface area contributed by atoms with E-state index in [1.165, 1.54) is 0 Å². The number of ether oxygens (including phenoxy) is 2. The van der Waals surface area contributed by atoms with Gasteiger partial charge in [-0.25, -0.2) is 0 Å². The van der Waals surface area contributed by atoms with Gasteiger partial charge < -0.3 is 14.0 Å². The van der Waals surface area contributed by atoms with Crippen molar-refractivity contribution in [3.05, 3.63) is 35.9 Å². The minimum atomic E-state index is 0.0271. The summed E-state index contributed by atoms with van der Waals surface area (Å²) in [6.07, 6.45) is 0.0271. The molecule has 2 heterocycles. The summed E-state index contributed by atoms with van der Waals surface area (Å²) in [5.41, 5.74) is 0. The number of para-hydroxylation sites is 2. The first-order valence-electron chi connectivity index (χ1n) is 7.05. The Kier molecular flexibility index (Phi) is 3.79. The lowest BCUT2D eigenvalue weighted by Gasteiger charge is -2.29. The van der Waals surface area contributed by atoms with Gasteiger partial charge in [0.25, 0.3) is 0 Å². The maximum absolute atomic E-state index is 5.97. The van der Waals surface area contributed by atoms with E-state index in [2.05, 4.69) is 15.1 Å². The van der Waals surface area contributed by atoms with Crippen LogP contribution in [0.15, 0.2) is 24.3 Å². The molecule has 0 bridgehead atoms. The Morgan fingerprint density at radius 1 is 1.29 bits per heavy atom. The molecule has 0 amide bonds. The fourth-order valence-corrected chi connectivity index (χ4v) is 2.40. The molecule has 0 unspecified atom stereocenters. The molecule has 2 aromatic rings. The first-order valence-corrected chi connectivity index (χ1v) is 7.05. The maximum Gasteiger partial charge on any atom is 0.161 e. The Morgan fingerprint density at radius 3 is 2.76 bits per heavy atom. The molecule has 1 atom stereocenters.